The van der Waals surface area contributed by atoms with Gasteiger partial charge in [-0.25, -0.2) is 12.8 Å². The molecule has 24 heavy (non-hydrogen) atoms. The summed E-state index contributed by atoms with van der Waals surface area (Å²) in [5.41, 5.74) is 0.344. The van der Waals surface area contributed by atoms with Crippen LogP contribution in [0.3, 0.4) is 0 Å². The van der Waals surface area contributed by atoms with Crippen LogP contribution in [0.25, 0.3) is 0 Å². The van der Waals surface area contributed by atoms with Crippen molar-refractivity contribution in [3.05, 3.63) is 59.9 Å². The van der Waals surface area contributed by atoms with Gasteiger partial charge in [0.05, 0.1) is 12.0 Å². The standard InChI is InChI=1S/C17H16FNO4S/c1-23-14-6-8-15(9-7-14)24(21,22)16-10-19(11-16)17(20)12-2-4-13(18)5-3-12/h2-9,16H,10-11H2,1H3. The van der Waals surface area contributed by atoms with Gasteiger partial charge in [-0.05, 0) is 48.5 Å². The lowest BCUT2D eigenvalue weighted by atomic mass is 10.1. The molecule has 5 nitrogen and oxygen atoms in total. The summed E-state index contributed by atoms with van der Waals surface area (Å²) in [6, 6.07) is 11.4. The molecule has 1 aliphatic heterocycles. The Morgan fingerprint density at radius 2 is 1.67 bits per heavy atom. The van der Waals surface area contributed by atoms with E-state index in [1.807, 2.05) is 0 Å². The van der Waals surface area contributed by atoms with Crippen LogP contribution in [0.4, 0.5) is 4.39 Å². The van der Waals surface area contributed by atoms with Crippen LogP contribution in [-0.4, -0.2) is 44.7 Å². The summed E-state index contributed by atoms with van der Waals surface area (Å²) in [6.07, 6.45) is 0. The second-order valence-corrected chi connectivity index (χ2v) is 7.79. The normalized spacial score (nSPS) is 15.0. The first kappa shape index (κ1) is 16.4. The fourth-order valence-corrected chi connectivity index (χ4v) is 4.19. The van der Waals surface area contributed by atoms with E-state index in [4.69, 9.17) is 4.74 Å². The van der Waals surface area contributed by atoms with Crippen LogP contribution in [0.5, 0.6) is 5.75 Å². The average molecular weight is 349 g/mol. The van der Waals surface area contributed by atoms with Gasteiger partial charge in [0.1, 0.15) is 16.8 Å². The Kier molecular flexibility index (Phi) is 4.28. The molecule has 1 fully saturated rings. The van der Waals surface area contributed by atoms with E-state index in [1.54, 1.807) is 12.1 Å². The van der Waals surface area contributed by atoms with Gasteiger partial charge in [0, 0.05) is 18.7 Å². The Balaban J connectivity index is 1.68. The number of nitrogens with zero attached hydrogens (tertiary/aromatic N) is 1. The number of methoxy groups -OCH3 is 1. The van der Waals surface area contributed by atoms with Gasteiger partial charge < -0.3 is 9.64 Å². The number of carbonyl (C=O) groups is 1. The molecule has 2 aromatic carbocycles. The monoisotopic (exact) mass is 349 g/mol. The quantitative estimate of drug-likeness (QED) is 0.848. The highest BCUT2D eigenvalue weighted by molar-refractivity contribution is 7.92. The van der Waals surface area contributed by atoms with Crippen LogP contribution in [-0.2, 0) is 9.84 Å². The topological polar surface area (TPSA) is 63.7 Å². The summed E-state index contributed by atoms with van der Waals surface area (Å²) in [4.78, 5) is 13.9. The highest BCUT2D eigenvalue weighted by atomic mass is 32.2. The second-order valence-electron chi connectivity index (χ2n) is 5.56. The van der Waals surface area contributed by atoms with E-state index in [0.29, 0.717) is 11.3 Å². The Morgan fingerprint density at radius 1 is 1.08 bits per heavy atom. The smallest absolute Gasteiger partial charge is 0.253 e. The van der Waals surface area contributed by atoms with Crippen molar-refractivity contribution in [3.63, 3.8) is 0 Å². The molecule has 0 spiro atoms. The number of likely N-dealkylation sites (tertiary alicyclic amines) is 1. The second kappa shape index (κ2) is 6.24. The minimum Gasteiger partial charge on any atom is -0.497 e. The zero-order valence-corrected chi connectivity index (χ0v) is 13.8. The molecule has 0 aromatic heterocycles. The first-order chi connectivity index (χ1) is 11.4. The predicted octanol–water partition coefficient (Wildman–Crippen LogP) is 2.13. The lowest BCUT2D eigenvalue weighted by molar-refractivity contribution is 0.0659. The molecule has 0 atom stereocenters. The number of hydrogen-bond acceptors (Lipinski definition) is 4. The molecule has 0 radical (unpaired) electrons. The predicted molar refractivity (Wildman–Crippen MR) is 86.3 cm³/mol. The van der Waals surface area contributed by atoms with Gasteiger partial charge in [-0.2, -0.15) is 0 Å². The summed E-state index contributed by atoms with van der Waals surface area (Å²) in [7, 11) is -1.98. The molecule has 0 unspecified atom stereocenters. The third-order valence-corrected chi connectivity index (χ3v) is 6.16. The maximum absolute atomic E-state index is 12.9. The zero-order valence-electron chi connectivity index (χ0n) is 13.0. The molecular weight excluding hydrogens is 333 g/mol. The highest BCUT2D eigenvalue weighted by Crippen LogP contribution is 2.26. The van der Waals surface area contributed by atoms with Crippen molar-refractivity contribution in [2.45, 2.75) is 10.1 Å². The van der Waals surface area contributed by atoms with Crippen molar-refractivity contribution >= 4 is 15.7 Å². The summed E-state index contributed by atoms with van der Waals surface area (Å²) in [5.74, 6) is -0.137. The highest BCUT2D eigenvalue weighted by Gasteiger charge is 2.40. The van der Waals surface area contributed by atoms with Crippen LogP contribution in [0, 0.1) is 5.82 Å². The van der Waals surface area contributed by atoms with Crippen molar-refractivity contribution in [1.29, 1.82) is 0 Å². The van der Waals surface area contributed by atoms with E-state index in [1.165, 1.54) is 48.4 Å². The molecular formula is C17H16FNO4S. The Hall–Kier alpha value is -2.41. The number of sulfone groups is 1. The maximum Gasteiger partial charge on any atom is 0.253 e. The third kappa shape index (κ3) is 2.99. The van der Waals surface area contributed by atoms with Crippen molar-refractivity contribution in [2.75, 3.05) is 20.2 Å². The van der Waals surface area contributed by atoms with Crippen molar-refractivity contribution in [3.8, 4) is 5.75 Å². The molecule has 2 aromatic rings. The molecule has 0 bridgehead atoms. The number of rotatable bonds is 4. The average Bonchev–Trinajstić information content (AvgIpc) is 2.54. The Bertz CT molecular complexity index is 841. The number of ether oxygens (including phenoxy) is 1. The molecule has 0 N–H and O–H groups in total. The number of carbonyl (C=O) groups excluding carboxylic acids is 1. The molecule has 1 saturated heterocycles. The summed E-state index contributed by atoms with van der Waals surface area (Å²) in [6.45, 7) is 0.259. The van der Waals surface area contributed by atoms with Gasteiger partial charge in [-0.15, -0.1) is 0 Å². The summed E-state index contributed by atoms with van der Waals surface area (Å²) in [5, 5.41) is -0.629. The SMILES string of the molecule is COc1ccc(S(=O)(=O)C2CN(C(=O)c3ccc(F)cc3)C2)cc1. The molecule has 0 saturated carbocycles. The first-order valence-corrected chi connectivity index (χ1v) is 8.89. The van der Waals surface area contributed by atoms with Crippen LogP contribution in [0.2, 0.25) is 0 Å². The number of benzene rings is 2. The van der Waals surface area contributed by atoms with Crippen LogP contribution >= 0.6 is 0 Å². The van der Waals surface area contributed by atoms with Gasteiger partial charge in [-0.1, -0.05) is 0 Å². The van der Waals surface area contributed by atoms with E-state index in [0.717, 1.165) is 0 Å². The van der Waals surface area contributed by atoms with Gasteiger partial charge >= 0.3 is 0 Å². The number of halogens is 1. The van der Waals surface area contributed by atoms with Gasteiger partial charge in [0.2, 0.25) is 0 Å². The molecule has 1 aliphatic rings. The zero-order chi connectivity index (χ0) is 17.3. The van der Waals surface area contributed by atoms with Crippen molar-refractivity contribution in [1.82, 2.24) is 4.90 Å². The van der Waals surface area contributed by atoms with Gasteiger partial charge in [0.15, 0.2) is 9.84 Å². The fourth-order valence-electron chi connectivity index (χ4n) is 2.53. The minimum absolute atomic E-state index is 0.130. The third-order valence-electron chi connectivity index (χ3n) is 4.05. The van der Waals surface area contributed by atoms with Crippen molar-refractivity contribution in [2.24, 2.45) is 0 Å². The lowest BCUT2D eigenvalue weighted by Gasteiger charge is -2.38. The number of amides is 1. The minimum atomic E-state index is -3.49. The number of hydrogen-bond donors (Lipinski definition) is 0. The van der Waals surface area contributed by atoms with E-state index < -0.39 is 20.9 Å². The van der Waals surface area contributed by atoms with Gasteiger partial charge in [-0.3, -0.25) is 4.79 Å². The molecule has 0 aliphatic carbocycles. The first-order valence-electron chi connectivity index (χ1n) is 7.34. The van der Waals surface area contributed by atoms with E-state index in [2.05, 4.69) is 0 Å². The van der Waals surface area contributed by atoms with E-state index in [-0.39, 0.29) is 23.9 Å². The van der Waals surface area contributed by atoms with Gasteiger partial charge in [0.25, 0.3) is 5.91 Å². The van der Waals surface area contributed by atoms with E-state index in [9.17, 15) is 17.6 Å². The molecule has 1 amide bonds. The Morgan fingerprint density at radius 3 is 2.21 bits per heavy atom. The lowest BCUT2D eigenvalue weighted by Crippen LogP contribution is -2.56. The van der Waals surface area contributed by atoms with Crippen LogP contribution in [0.1, 0.15) is 10.4 Å². The largest absolute Gasteiger partial charge is 0.497 e. The molecule has 126 valence electrons. The maximum atomic E-state index is 12.9. The van der Waals surface area contributed by atoms with Crippen LogP contribution in [0.15, 0.2) is 53.4 Å². The summed E-state index contributed by atoms with van der Waals surface area (Å²) < 4.78 is 43.0. The van der Waals surface area contributed by atoms with Crippen molar-refractivity contribution < 1.29 is 22.3 Å². The fraction of sp³-hybridized carbons (Fsp3) is 0.235. The van der Waals surface area contributed by atoms with Crippen LogP contribution < -0.4 is 4.74 Å². The molecule has 7 heteroatoms. The Labute approximate surface area is 139 Å². The molecule has 3 rings (SSSR count). The molecule has 1 heterocycles. The summed E-state index contributed by atoms with van der Waals surface area (Å²) >= 11 is 0. The van der Waals surface area contributed by atoms with E-state index >= 15 is 0 Å².